The van der Waals surface area contributed by atoms with Crippen molar-refractivity contribution in [2.75, 3.05) is 12.4 Å². The minimum Gasteiger partial charge on any atom is -0.493 e. The van der Waals surface area contributed by atoms with E-state index in [0.717, 1.165) is 32.9 Å². The Morgan fingerprint density at radius 2 is 2.18 bits per heavy atom. The summed E-state index contributed by atoms with van der Waals surface area (Å²) in [6, 6.07) is 0. The van der Waals surface area contributed by atoms with Crippen LogP contribution >= 0.6 is 18.1 Å². The second kappa shape index (κ2) is 5.80. The maximum atomic E-state index is 12.5. The lowest BCUT2D eigenvalue weighted by atomic mass is 10.6. The summed E-state index contributed by atoms with van der Waals surface area (Å²) in [5, 5.41) is 9.43. The molecule has 1 heterocycles. The van der Waals surface area contributed by atoms with E-state index < -0.39 is 12.4 Å². The van der Waals surface area contributed by atoms with Crippen LogP contribution in [0.5, 0.6) is 5.88 Å². The van der Waals surface area contributed by atoms with E-state index in [2.05, 4.69) is 0 Å². The fourth-order valence-corrected chi connectivity index (χ4v) is 5.37. The average molecular weight is 280 g/mol. The Morgan fingerprint density at radius 3 is 2.59 bits per heavy atom. The molecule has 1 N–H and O–H groups in total. The summed E-state index contributed by atoms with van der Waals surface area (Å²) >= 11 is 1.11. The number of aromatic hydroxyl groups is 1. The third-order valence-electron chi connectivity index (χ3n) is 2.08. The molecular formula is C9H17N2O4PS. The molecule has 0 amide bonds. The number of rotatable bonds is 6. The molecule has 0 saturated heterocycles. The van der Waals surface area contributed by atoms with Gasteiger partial charge in [-0.2, -0.15) is 0 Å². The van der Waals surface area contributed by atoms with E-state index >= 15 is 0 Å². The minimum absolute atomic E-state index is 0.230. The number of hydrogen-bond acceptors (Lipinski definition) is 5. The Bertz CT molecular complexity index is 482. The zero-order chi connectivity index (χ0) is 13.1. The van der Waals surface area contributed by atoms with Gasteiger partial charge in [0.25, 0.3) is 0 Å². The Morgan fingerprint density at radius 1 is 1.53 bits per heavy atom. The van der Waals surface area contributed by atoms with Gasteiger partial charge in [0.2, 0.25) is 5.88 Å². The lowest BCUT2D eigenvalue weighted by molar-refractivity contribution is 0.339. The normalized spacial score (nSPS) is 14.8. The molecule has 0 aliphatic rings. The lowest BCUT2D eigenvalue weighted by Gasteiger charge is -2.16. The molecule has 1 aromatic rings. The van der Waals surface area contributed by atoms with Gasteiger partial charge in [0.05, 0.1) is 12.8 Å². The van der Waals surface area contributed by atoms with E-state index in [1.807, 2.05) is 6.92 Å². The molecule has 0 fully saturated rings. The minimum atomic E-state index is -3.29. The Balaban J connectivity index is 3.18. The molecule has 1 atom stereocenters. The van der Waals surface area contributed by atoms with Crippen molar-refractivity contribution in [1.29, 1.82) is 0 Å². The number of hydrogen-bond donors (Lipinski definition) is 1. The molecule has 0 aromatic carbocycles. The Kier molecular flexibility index (Phi) is 4.91. The van der Waals surface area contributed by atoms with Crippen LogP contribution in [0.3, 0.4) is 0 Å². The summed E-state index contributed by atoms with van der Waals surface area (Å²) in [6.45, 7) is 0.622. The smallest absolute Gasteiger partial charge is 0.361 e. The van der Waals surface area contributed by atoms with Crippen LogP contribution in [-0.2, 0) is 16.1 Å². The predicted molar refractivity (Wildman–Crippen MR) is 68.7 cm³/mol. The third kappa shape index (κ3) is 2.97. The van der Waals surface area contributed by atoms with Crippen LogP contribution in [0, 0.1) is 0 Å². The highest BCUT2D eigenvalue weighted by Crippen LogP contribution is 2.59. The standard InChI is InChI=1S/C9H17N2O4PS/c1-4-6-17-16(14,15-5-2)11-7-8(12)10(3)9(11)13/h7,12H,4-6H2,1-3H3. The van der Waals surface area contributed by atoms with Gasteiger partial charge in [-0.25, -0.2) is 9.13 Å². The molecule has 1 aromatic heterocycles. The van der Waals surface area contributed by atoms with Gasteiger partial charge < -0.3 is 9.63 Å². The topological polar surface area (TPSA) is 73.5 Å². The van der Waals surface area contributed by atoms with Crippen LogP contribution in [0.2, 0.25) is 0 Å². The van der Waals surface area contributed by atoms with Crippen LogP contribution in [0.4, 0.5) is 0 Å². The maximum absolute atomic E-state index is 12.5. The first kappa shape index (κ1) is 14.4. The summed E-state index contributed by atoms with van der Waals surface area (Å²) < 4.78 is 19.8. The molecule has 0 bridgehead atoms. The zero-order valence-electron chi connectivity index (χ0n) is 10.1. The Hall–Kier alpha value is -0.650. The van der Waals surface area contributed by atoms with Crippen LogP contribution in [-0.4, -0.2) is 26.4 Å². The van der Waals surface area contributed by atoms with Gasteiger partial charge in [0.1, 0.15) is 0 Å². The van der Waals surface area contributed by atoms with Crippen LogP contribution < -0.4 is 5.69 Å². The summed E-state index contributed by atoms with van der Waals surface area (Å²) in [4.78, 5) is 11.8. The molecule has 0 spiro atoms. The monoisotopic (exact) mass is 280 g/mol. The molecule has 0 aliphatic carbocycles. The van der Waals surface area contributed by atoms with Gasteiger partial charge in [-0.05, 0) is 24.7 Å². The number of aromatic nitrogens is 2. The highest BCUT2D eigenvalue weighted by Gasteiger charge is 2.29. The molecule has 1 rings (SSSR count). The molecule has 6 nitrogen and oxygen atoms in total. The van der Waals surface area contributed by atoms with Crippen LogP contribution in [0.25, 0.3) is 0 Å². The first-order chi connectivity index (χ1) is 7.96. The second-order valence-corrected chi connectivity index (χ2v) is 7.84. The van der Waals surface area contributed by atoms with Gasteiger partial charge in [0.15, 0.2) is 0 Å². The van der Waals surface area contributed by atoms with Crippen molar-refractivity contribution in [3.63, 3.8) is 0 Å². The van der Waals surface area contributed by atoms with Crippen molar-refractivity contribution < 1.29 is 14.2 Å². The largest absolute Gasteiger partial charge is 0.493 e. The van der Waals surface area contributed by atoms with E-state index in [1.54, 1.807) is 6.92 Å². The van der Waals surface area contributed by atoms with Crippen molar-refractivity contribution >= 4 is 18.1 Å². The first-order valence-electron chi connectivity index (χ1n) is 5.33. The van der Waals surface area contributed by atoms with E-state index in [0.29, 0.717) is 5.75 Å². The number of imidazole rings is 1. The zero-order valence-corrected chi connectivity index (χ0v) is 11.8. The van der Waals surface area contributed by atoms with Crippen LogP contribution in [0.15, 0.2) is 11.0 Å². The molecule has 17 heavy (non-hydrogen) atoms. The van der Waals surface area contributed by atoms with Crippen molar-refractivity contribution in [2.45, 2.75) is 20.3 Å². The molecular weight excluding hydrogens is 263 g/mol. The predicted octanol–water partition coefficient (Wildman–Crippen LogP) is 2.03. The quantitative estimate of drug-likeness (QED) is 0.807. The van der Waals surface area contributed by atoms with Crippen molar-refractivity contribution in [2.24, 2.45) is 7.05 Å². The molecule has 8 heteroatoms. The third-order valence-corrected chi connectivity index (χ3v) is 6.77. The van der Waals surface area contributed by atoms with Crippen molar-refractivity contribution in [3.05, 3.63) is 16.7 Å². The van der Waals surface area contributed by atoms with E-state index in [-0.39, 0.29) is 12.5 Å². The fraction of sp³-hybridized carbons (Fsp3) is 0.667. The van der Waals surface area contributed by atoms with Gasteiger partial charge in [0, 0.05) is 12.8 Å². The van der Waals surface area contributed by atoms with Gasteiger partial charge in [-0.3, -0.25) is 9.13 Å². The van der Waals surface area contributed by atoms with Gasteiger partial charge in [-0.15, -0.1) is 0 Å². The summed E-state index contributed by atoms with van der Waals surface area (Å²) in [5.41, 5.74) is -0.539. The van der Waals surface area contributed by atoms with Gasteiger partial charge in [-0.1, -0.05) is 6.92 Å². The average Bonchev–Trinajstić information content (AvgIpc) is 2.55. The first-order valence-corrected chi connectivity index (χ1v) is 8.50. The highest BCUT2D eigenvalue weighted by molar-refractivity contribution is 8.56. The highest BCUT2D eigenvalue weighted by atomic mass is 32.7. The fourth-order valence-electron chi connectivity index (χ4n) is 1.21. The summed E-state index contributed by atoms with van der Waals surface area (Å²) in [5.74, 6) is 0.395. The van der Waals surface area contributed by atoms with E-state index in [1.165, 1.54) is 7.05 Å². The van der Waals surface area contributed by atoms with Crippen molar-refractivity contribution in [3.8, 4) is 5.88 Å². The molecule has 1 unspecified atom stereocenters. The molecule has 0 radical (unpaired) electrons. The van der Waals surface area contributed by atoms with Crippen LogP contribution in [0.1, 0.15) is 20.3 Å². The summed E-state index contributed by atoms with van der Waals surface area (Å²) in [6.07, 6.45) is 1.98. The van der Waals surface area contributed by atoms with Crippen molar-refractivity contribution in [1.82, 2.24) is 8.90 Å². The Labute approximate surface area is 104 Å². The maximum Gasteiger partial charge on any atom is 0.361 e. The summed E-state index contributed by atoms with van der Waals surface area (Å²) in [7, 11) is 1.41. The second-order valence-electron chi connectivity index (χ2n) is 3.39. The number of nitrogens with zero attached hydrogens (tertiary/aromatic N) is 2. The molecule has 0 saturated carbocycles. The molecule has 98 valence electrons. The van der Waals surface area contributed by atoms with E-state index in [9.17, 15) is 14.5 Å². The SMILES string of the molecule is CCCSP(=O)(OCC)n1cc(O)n(C)c1=O. The molecule has 0 aliphatic heterocycles. The van der Waals surface area contributed by atoms with E-state index in [4.69, 9.17) is 4.52 Å². The lowest BCUT2D eigenvalue weighted by Crippen LogP contribution is -2.21. The van der Waals surface area contributed by atoms with Gasteiger partial charge >= 0.3 is 12.4 Å².